The van der Waals surface area contributed by atoms with Crippen LogP contribution < -0.4 is 4.90 Å². The molecule has 1 aromatic carbocycles. The third kappa shape index (κ3) is 3.79. The largest absolute Gasteiger partial charge is 0.355 e. The third-order valence-corrected chi connectivity index (χ3v) is 5.83. The molecule has 2 fully saturated rings. The zero-order chi connectivity index (χ0) is 19.8. The fourth-order valence-electron chi connectivity index (χ4n) is 4.08. The Balaban J connectivity index is 1.24. The fraction of sp³-hybridized carbons (Fsp3) is 0.429. The first-order valence-electron chi connectivity index (χ1n) is 10.1. The van der Waals surface area contributed by atoms with Gasteiger partial charge in [0.15, 0.2) is 5.65 Å². The van der Waals surface area contributed by atoms with Gasteiger partial charge in [0, 0.05) is 31.6 Å². The predicted octanol–water partition coefficient (Wildman–Crippen LogP) is 2.67. The predicted molar refractivity (Wildman–Crippen MR) is 106 cm³/mol. The summed E-state index contributed by atoms with van der Waals surface area (Å²) in [5.41, 5.74) is 1.57. The lowest BCUT2D eigenvalue weighted by Gasteiger charge is -2.35. The van der Waals surface area contributed by atoms with Crippen molar-refractivity contribution in [3.8, 4) is 0 Å². The summed E-state index contributed by atoms with van der Waals surface area (Å²) in [6.07, 6.45) is 5.28. The van der Waals surface area contributed by atoms with E-state index in [-0.39, 0.29) is 17.6 Å². The lowest BCUT2D eigenvalue weighted by Crippen LogP contribution is -2.43. The first-order valence-corrected chi connectivity index (χ1v) is 10.1. The molecule has 3 heterocycles. The lowest BCUT2D eigenvalue weighted by atomic mass is 9.95. The molecule has 0 radical (unpaired) electrons. The highest BCUT2D eigenvalue weighted by molar-refractivity contribution is 5.80. The molecule has 0 spiro atoms. The molecule has 1 saturated carbocycles. The standard InChI is InChI=1S/C21H23FN6O/c22-17-3-1-2-15(12-17)13-27(18-4-5-18)21(29)16-8-10-26(11-9-16)20-7-6-19-24-23-14-28(19)25-20/h1-3,6-7,12,14,16,18H,4-5,8-11,13H2. The second-order valence-electron chi connectivity index (χ2n) is 7.91. The monoisotopic (exact) mass is 394 g/mol. The minimum atomic E-state index is -0.253. The van der Waals surface area contributed by atoms with E-state index in [0.717, 1.165) is 55.8 Å². The molecule has 1 saturated heterocycles. The Morgan fingerprint density at radius 3 is 2.72 bits per heavy atom. The van der Waals surface area contributed by atoms with E-state index in [1.165, 1.54) is 12.1 Å². The van der Waals surface area contributed by atoms with Gasteiger partial charge in [0.2, 0.25) is 5.91 Å². The summed E-state index contributed by atoms with van der Waals surface area (Å²) < 4.78 is 15.2. The van der Waals surface area contributed by atoms with Crippen LogP contribution >= 0.6 is 0 Å². The average Bonchev–Trinajstić information content (AvgIpc) is 3.48. The SMILES string of the molecule is O=C(C1CCN(c2ccc3nncn3n2)CC1)N(Cc1cccc(F)c1)C1CC1. The second-order valence-corrected chi connectivity index (χ2v) is 7.91. The normalized spacial score (nSPS) is 17.6. The number of piperidine rings is 1. The Morgan fingerprint density at radius 2 is 1.97 bits per heavy atom. The Hall–Kier alpha value is -3.03. The first kappa shape index (κ1) is 18.0. The topological polar surface area (TPSA) is 66.6 Å². The van der Waals surface area contributed by atoms with E-state index in [1.807, 2.05) is 23.1 Å². The van der Waals surface area contributed by atoms with Crippen molar-refractivity contribution in [2.45, 2.75) is 38.3 Å². The Kier molecular flexibility index (Phi) is 4.61. The van der Waals surface area contributed by atoms with Crippen LogP contribution in [0.2, 0.25) is 0 Å². The van der Waals surface area contributed by atoms with Gasteiger partial charge in [0.1, 0.15) is 18.0 Å². The quantitative estimate of drug-likeness (QED) is 0.666. The zero-order valence-corrected chi connectivity index (χ0v) is 16.1. The maximum absolute atomic E-state index is 13.5. The number of aromatic nitrogens is 4. The fourth-order valence-corrected chi connectivity index (χ4v) is 4.08. The molecule has 0 N–H and O–H groups in total. The number of rotatable bonds is 5. The summed E-state index contributed by atoms with van der Waals surface area (Å²) in [5, 5.41) is 12.4. The highest BCUT2D eigenvalue weighted by Gasteiger charge is 2.37. The number of anilines is 1. The molecule has 3 aromatic rings. The molecule has 7 nitrogen and oxygen atoms in total. The Bertz CT molecular complexity index is 1020. The van der Waals surface area contributed by atoms with E-state index in [1.54, 1.807) is 16.9 Å². The summed E-state index contributed by atoms with van der Waals surface area (Å²) in [6, 6.07) is 10.7. The summed E-state index contributed by atoms with van der Waals surface area (Å²) in [5.74, 6) is 0.844. The van der Waals surface area contributed by atoms with Crippen LogP contribution in [-0.2, 0) is 11.3 Å². The van der Waals surface area contributed by atoms with Gasteiger partial charge in [-0.15, -0.1) is 15.3 Å². The Labute approximate surface area is 168 Å². The van der Waals surface area contributed by atoms with Gasteiger partial charge in [-0.05, 0) is 55.5 Å². The molecule has 5 rings (SSSR count). The van der Waals surface area contributed by atoms with Gasteiger partial charge < -0.3 is 9.80 Å². The first-order chi connectivity index (χ1) is 14.2. The molecule has 1 amide bonds. The van der Waals surface area contributed by atoms with Crippen LogP contribution in [0, 0.1) is 11.7 Å². The van der Waals surface area contributed by atoms with Crippen molar-refractivity contribution in [2.24, 2.45) is 5.92 Å². The van der Waals surface area contributed by atoms with Crippen LogP contribution in [0.5, 0.6) is 0 Å². The zero-order valence-electron chi connectivity index (χ0n) is 16.1. The average molecular weight is 394 g/mol. The molecular formula is C21H23FN6O. The molecule has 8 heteroatoms. The van der Waals surface area contributed by atoms with Crippen LogP contribution in [0.1, 0.15) is 31.2 Å². The molecular weight excluding hydrogens is 371 g/mol. The summed E-state index contributed by atoms with van der Waals surface area (Å²) in [7, 11) is 0. The molecule has 0 unspecified atom stereocenters. The maximum Gasteiger partial charge on any atom is 0.226 e. The van der Waals surface area contributed by atoms with E-state index in [2.05, 4.69) is 20.2 Å². The van der Waals surface area contributed by atoms with E-state index >= 15 is 0 Å². The van der Waals surface area contributed by atoms with Crippen molar-refractivity contribution in [2.75, 3.05) is 18.0 Å². The second kappa shape index (κ2) is 7.42. The van der Waals surface area contributed by atoms with Gasteiger partial charge in [0.25, 0.3) is 0 Å². The smallest absolute Gasteiger partial charge is 0.226 e. The number of carbonyl (C=O) groups excluding carboxylic acids is 1. The number of carbonyl (C=O) groups is 1. The summed E-state index contributed by atoms with van der Waals surface area (Å²) in [6.45, 7) is 2.07. The third-order valence-electron chi connectivity index (χ3n) is 5.83. The van der Waals surface area contributed by atoms with Crippen LogP contribution in [-0.4, -0.2) is 49.7 Å². The molecule has 2 aliphatic rings. The molecule has 0 atom stereocenters. The van der Waals surface area contributed by atoms with Crippen molar-refractivity contribution >= 4 is 17.4 Å². The van der Waals surface area contributed by atoms with Crippen molar-refractivity contribution in [3.63, 3.8) is 0 Å². The Morgan fingerprint density at radius 1 is 1.14 bits per heavy atom. The highest BCUT2D eigenvalue weighted by atomic mass is 19.1. The summed E-state index contributed by atoms with van der Waals surface area (Å²) >= 11 is 0. The van der Waals surface area contributed by atoms with E-state index < -0.39 is 0 Å². The lowest BCUT2D eigenvalue weighted by molar-refractivity contribution is -0.137. The number of amides is 1. The number of nitrogens with zero attached hydrogens (tertiary/aromatic N) is 6. The number of fused-ring (bicyclic) bond motifs is 1. The number of halogens is 1. The minimum Gasteiger partial charge on any atom is -0.355 e. The van der Waals surface area contributed by atoms with Crippen LogP contribution in [0.3, 0.4) is 0 Å². The van der Waals surface area contributed by atoms with Crippen molar-refractivity contribution < 1.29 is 9.18 Å². The maximum atomic E-state index is 13.5. The van der Waals surface area contributed by atoms with Crippen molar-refractivity contribution in [1.82, 2.24) is 24.7 Å². The molecule has 29 heavy (non-hydrogen) atoms. The van der Waals surface area contributed by atoms with Gasteiger partial charge in [-0.3, -0.25) is 4.79 Å². The van der Waals surface area contributed by atoms with Gasteiger partial charge in [0.05, 0.1) is 0 Å². The van der Waals surface area contributed by atoms with Gasteiger partial charge >= 0.3 is 0 Å². The molecule has 1 aliphatic heterocycles. The van der Waals surface area contributed by atoms with Gasteiger partial charge in [-0.1, -0.05) is 12.1 Å². The molecule has 2 aromatic heterocycles. The molecule has 1 aliphatic carbocycles. The minimum absolute atomic E-state index is 0.0130. The van der Waals surface area contributed by atoms with Crippen LogP contribution in [0.4, 0.5) is 10.2 Å². The van der Waals surface area contributed by atoms with Crippen LogP contribution in [0.15, 0.2) is 42.7 Å². The van der Waals surface area contributed by atoms with E-state index in [4.69, 9.17) is 0 Å². The van der Waals surface area contributed by atoms with Crippen molar-refractivity contribution in [3.05, 3.63) is 54.1 Å². The highest BCUT2D eigenvalue weighted by Crippen LogP contribution is 2.32. The van der Waals surface area contributed by atoms with Gasteiger partial charge in [-0.2, -0.15) is 4.52 Å². The van der Waals surface area contributed by atoms with Gasteiger partial charge in [-0.25, -0.2) is 4.39 Å². The van der Waals surface area contributed by atoms with Crippen molar-refractivity contribution in [1.29, 1.82) is 0 Å². The van der Waals surface area contributed by atoms with E-state index in [9.17, 15) is 9.18 Å². The number of hydrogen-bond acceptors (Lipinski definition) is 5. The van der Waals surface area contributed by atoms with Crippen LogP contribution in [0.25, 0.3) is 5.65 Å². The molecule has 0 bridgehead atoms. The molecule has 150 valence electrons. The summed E-state index contributed by atoms with van der Waals surface area (Å²) in [4.78, 5) is 17.4. The number of hydrogen-bond donors (Lipinski definition) is 0. The number of benzene rings is 1. The van der Waals surface area contributed by atoms with E-state index in [0.29, 0.717) is 12.6 Å².